The van der Waals surface area contributed by atoms with Crippen LogP contribution in [0.4, 0.5) is 0 Å². The normalized spacial score (nSPS) is 15.1. The third-order valence-electron chi connectivity index (χ3n) is 9.54. The van der Waals surface area contributed by atoms with Crippen molar-refractivity contribution >= 4 is 78.7 Å². The average molecular weight is 615 g/mol. The molecular weight excluding hydrogens is 584 g/mol. The summed E-state index contributed by atoms with van der Waals surface area (Å²) in [5, 5.41) is 8.84. The van der Waals surface area contributed by atoms with Crippen LogP contribution in [0.1, 0.15) is 81.5 Å². The Morgan fingerprint density at radius 2 is 1.15 bits per heavy atom. The molecule has 46 heavy (non-hydrogen) atoms. The Morgan fingerprint density at radius 3 is 1.57 bits per heavy atom. The van der Waals surface area contributed by atoms with Gasteiger partial charge in [0.25, 0.3) is 23.6 Å². The Kier molecular flexibility index (Phi) is 6.90. The lowest BCUT2D eigenvalue weighted by atomic mass is 9.82. The summed E-state index contributed by atoms with van der Waals surface area (Å²) in [5.41, 5.74) is 1.82. The van der Waals surface area contributed by atoms with E-state index in [0.717, 1.165) is 32.3 Å². The molecule has 230 valence electrons. The minimum Gasteiger partial charge on any atom is -0.354 e. The maximum Gasteiger partial charge on any atom is 0.261 e. The molecule has 10 nitrogen and oxygen atoms in total. The summed E-state index contributed by atoms with van der Waals surface area (Å²) >= 11 is 0. The number of nitrogens with zero attached hydrogens (tertiary/aromatic N) is 3. The molecular formula is C36H30N4O6. The lowest BCUT2D eigenvalue weighted by Crippen LogP contribution is -2.46. The number of hydrogen-bond acceptors (Lipinski definition) is 7. The number of benzene rings is 5. The first kappa shape index (κ1) is 29.3. The van der Waals surface area contributed by atoms with Crippen LogP contribution in [0.2, 0.25) is 0 Å². The SMILES string of the molecule is CCC(CC)N1C(=O)c2ccc3c4ccc5c6c(ccc(c7ccc(c2c37)C1=O)c64)C(=O)N(CCCNC(=O)[C@H](C)N=C=O)C5=O. The molecule has 2 aliphatic rings. The average Bonchev–Trinajstić information content (AvgIpc) is 3.06. The Hall–Kier alpha value is -5.47. The van der Waals surface area contributed by atoms with E-state index in [1.165, 1.54) is 22.8 Å². The first-order valence-corrected chi connectivity index (χ1v) is 15.5. The number of nitrogens with one attached hydrogen (secondary N) is 1. The number of rotatable bonds is 9. The highest BCUT2D eigenvalue weighted by Crippen LogP contribution is 2.46. The van der Waals surface area contributed by atoms with Crippen LogP contribution in [0, 0.1) is 0 Å². The van der Waals surface area contributed by atoms with E-state index in [0.29, 0.717) is 52.3 Å². The van der Waals surface area contributed by atoms with Gasteiger partial charge in [-0.15, -0.1) is 0 Å². The van der Waals surface area contributed by atoms with Gasteiger partial charge >= 0.3 is 0 Å². The summed E-state index contributed by atoms with van der Waals surface area (Å²) in [6.07, 6.45) is 3.02. The molecule has 7 rings (SSSR count). The maximum atomic E-state index is 13.7. The number of fused-ring (bicyclic) bond motifs is 2. The van der Waals surface area contributed by atoms with Gasteiger partial charge in [0.1, 0.15) is 6.04 Å². The Bertz CT molecular complexity index is 2110. The molecule has 0 saturated carbocycles. The Balaban J connectivity index is 1.32. The van der Waals surface area contributed by atoms with Crippen molar-refractivity contribution in [2.45, 2.75) is 52.1 Å². The van der Waals surface area contributed by atoms with Gasteiger partial charge in [-0.25, -0.2) is 4.79 Å². The van der Waals surface area contributed by atoms with Crippen LogP contribution in [0.15, 0.2) is 53.5 Å². The Morgan fingerprint density at radius 1 is 0.717 bits per heavy atom. The van der Waals surface area contributed by atoms with Crippen LogP contribution in [0.5, 0.6) is 0 Å². The van der Waals surface area contributed by atoms with Gasteiger partial charge in [0, 0.05) is 52.2 Å². The first-order chi connectivity index (χ1) is 22.2. The molecule has 5 aromatic rings. The summed E-state index contributed by atoms with van der Waals surface area (Å²) in [4.78, 5) is 83.4. The molecule has 0 unspecified atom stereocenters. The molecule has 0 saturated heterocycles. The lowest BCUT2D eigenvalue weighted by Gasteiger charge is -2.33. The predicted octanol–water partition coefficient (Wildman–Crippen LogP) is 5.35. The predicted molar refractivity (Wildman–Crippen MR) is 173 cm³/mol. The van der Waals surface area contributed by atoms with Crippen molar-refractivity contribution in [2.75, 3.05) is 13.1 Å². The van der Waals surface area contributed by atoms with Crippen molar-refractivity contribution < 1.29 is 28.8 Å². The van der Waals surface area contributed by atoms with E-state index in [9.17, 15) is 28.8 Å². The van der Waals surface area contributed by atoms with Crippen LogP contribution >= 0.6 is 0 Å². The molecule has 0 spiro atoms. The maximum absolute atomic E-state index is 13.7. The number of amides is 5. The van der Waals surface area contributed by atoms with Crippen LogP contribution < -0.4 is 5.32 Å². The quantitative estimate of drug-likeness (QED) is 0.0595. The summed E-state index contributed by atoms with van der Waals surface area (Å²) in [5.74, 6) is -1.85. The van der Waals surface area contributed by atoms with E-state index in [2.05, 4.69) is 10.3 Å². The molecule has 0 aromatic heterocycles. The van der Waals surface area contributed by atoms with Crippen molar-refractivity contribution in [3.8, 4) is 0 Å². The lowest BCUT2D eigenvalue weighted by molar-refractivity contribution is -0.121. The van der Waals surface area contributed by atoms with Gasteiger partial charge in [0.15, 0.2) is 0 Å². The van der Waals surface area contributed by atoms with Gasteiger partial charge in [-0.1, -0.05) is 38.1 Å². The summed E-state index contributed by atoms with van der Waals surface area (Å²) in [7, 11) is 0. The molecule has 1 atom stereocenters. The van der Waals surface area contributed by atoms with Gasteiger partial charge < -0.3 is 5.32 Å². The van der Waals surface area contributed by atoms with Crippen molar-refractivity contribution in [1.29, 1.82) is 0 Å². The highest BCUT2D eigenvalue weighted by molar-refractivity contribution is 6.41. The second kappa shape index (κ2) is 10.9. The number of carbonyl (C=O) groups excluding carboxylic acids is 6. The van der Waals surface area contributed by atoms with Crippen molar-refractivity contribution in [3.63, 3.8) is 0 Å². The monoisotopic (exact) mass is 614 g/mol. The van der Waals surface area contributed by atoms with E-state index in [1.807, 2.05) is 38.1 Å². The standard InChI is InChI=1S/C36H30N4O6/c1-4-19(5-2)40-35(45)26-13-9-22-20-7-11-24-30-25(34(44)39(33(24)43)16-6-15-37-32(42)18(3)38-17-41)12-8-21(28(20)30)23-10-14-27(36(40)46)31(26)29(22)23/h7-14,18-19H,4-6,15-16H2,1-3H3,(H,37,42)/t18-/m0/s1. The van der Waals surface area contributed by atoms with E-state index >= 15 is 0 Å². The molecule has 0 bridgehead atoms. The number of carbonyl (C=O) groups is 5. The van der Waals surface area contributed by atoms with E-state index in [4.69, 9.17) is 0 Å². The smallest absolute Gasteiger partial charge is 0.261 e. The zero-order valence-corrected chi connectivity index (χ0v) is 25.6. The number of aliphatic imine (C=N–C) groups is 1. The molecule has 10 heteroatoms. The number of hydrogen-bond donors (Lipinski definition) is 1. The summed E-state index contributed by atoms with van der Waals surface area (Å²) in [6, 6.07) is 13.6. The molecule has 0 radical (unpaired) electrons. The van der Waals surface area contributed by atoms with Gasteiger partial charge in [-0.3, -0.25) is 33.8 Å². The van der Waals surface area contributed by atoms with Gasteiger partial charge in [0.2, 0.25) is 12.0 Å². The largest absolute Gasteiger partial charge is 0.354 e. The highest BCUT2D eigenvalue weighted by Gasteiger charge is 2.38. The fraction of sp³-hybridized carbons (Fsp3) is 0.278. The second-order valence-electron chi connectivity index (χ2n) is 11.9. The van der Waals surface area contributed by atoms with E-state index in [-0.39, 0.29) is 30.9 Å². The summed E-state index contributed by atoms with van der Waals surface area (Å²) in [6.45, 7) is 5.71. The molecule has 0 aliphatic carbocycles. The fourth-order valence-electron chi connectivity index (χ4n) is 7.26. The zero-order chi connectivity index (χ0) is 32.4. The summed E-state index contributed by atoms with van der Waals surface area (Å²) < 4.78 is 0. The van der Waals surface area contributed by atoms with Gasteiger partial charge in [-0.05, 0) is 82.8 Å². The molecule has 5 amide bonds. The zero-order valence-electron chi connectivity index (χ0n) is 25.6. The number of isocyanates is 1. The Labute approximate surface area is 263 Å². The third-order valence-corrected chi connectivity index (χ3v) is 9.54. The van der Waals surface area contributed by atoms with Crippen LogP contribution in [0.3, 0.4) is 0 Å². The molecule has 0 fully saturated rings. The van der Waals surface area contributed by atoms with Crippen LogP contribution in [-0.2, 0) is 9.59 Å². The van der Waals surface area contributed by atoms with Gasteiger partial charge in [0.05, 0.1) is 0 Å². The van der Waals surface area contributed by atoms with E-state index in [1.54, 1.807) is 24.3 Å². The molecule has 2 heterocycles. The molecule has 2 aliphatic heterocycles. The fourth-order valence-corrected chi connectivity index (χ4v) is 7.26. The number of imide groups is 2. The highest BCUT2D eigenvalue weighted by atomic mass is 16.2. The third kappa shape index (κ3) is 4.00. The minimum atomic E-state index is -0.871. The van der Waals surface area contributed by atoms with Crippen molar-refractivity contribution in [1.82, 2.24) is 15.1 Å². The van der Waals surface area contributed by atoms with Crippen molar-refractivity contribution in [2.24, 2.45) is 4.99 Å². The topological polar surface area (TPSA) is 133 Å². The molecule has 1 N–H and O–H groups in total. The minimum absolute atomic E-state index is 0.0946. The van der Waals surface area contributed by atoms with E-state index < -0.39 is 23.8 Å². The second-order valence-corrected chi connectivity index (χ2v) is 11.9. The van der Waals surface area contributed by atoms with Crippen molar-refractivity contribution in [3.05, 3.63) is 70.8 Å². The van der Waals surface area contributed by atoms with Crippen LogP contribution in [-0.4, -0.2) is 70.6 Å². The first-order valence-electron chi connectivity index (χ1n) is 15.5. The van der Waals surface area contributed by atoms with Crippen LogP contribution in [0.25, 0.3) is 43.1 Å². The molecule has 5 aromatic carbocycles. The van der Waals surface area contributed by atoms with Gasteiger partial charge in [-0.2, -0.15) is 4.99 Å².